The van der Waals surface area contributed by atoms with Crippen molar-refractivity contribution in [2.24, 2.45) is 0 Å². The molecule has 24 heavy (non-hydrogen) atoms. The SMILES string of the molecule is COc1cc(C(=O)NCc2nnc(C(C)C)o2)cc(OC)c1OC. The molecule has 0 aliphatic heterocycles. The van der Waals surface area contributed by atoms with Crippen molar-refractivity contribution >= 4 is 5.91 Å². The molecule has 1 heterocycles. The van der Waals surface area contributed by atoms with Gasteiger partial charge < -0.3 is 23.9 Å². The third-order valence-electron chi connectivity index (χ3n) is 3.30. The second kappa shape index (κ2) is 7.67. The number of carbonyl (C=O) groups is 1. The van der Waals surface area contributed by atoms with Crippen molar-refractivity contribution in [3.05, 3.63) is 29.5 Å². The summed E-state index contributed by atoms with van der Waals surface area (Å²) in [4.78, 5) is 12.3. The lowest BCUT2D eigenvalue weighted by Gasteiger charge is -2.13. The number of methoxy groups -OCH3 is 3. The molecule has 130 valence electrons. The van der Waals surface area contributed by atoms with Gasteiger partial charge in [0.25, 0.3) is 5.91 Å². The summed E-state index contributed by atoms with van der Waals surface area (Å²) in [5.41, 5.74) is 0.369. The Balaban J connectivity index is 2.14. The van der Waals surface area contributed by atoms with Gasteiger partial charge in [-0.15, -0.1) is 10.2 Å². The summed E-state index contributed by atoms with van der Waals surface area (Å²) in [6.07, 6.45) is 0. The number of ether oxygens (including phenoxy) is 3. The average Bonchev–Trinajstić information content (AvgIpc) is 3.07. The lowest BCUT2D eigenvalue weighted by Crippen LogP contribution is -2.23. The topological polar surface area (TPSA) is 95.7 Å². The second-order valence-corrected chi connectivity index (χ2v) is 5.29. The first-order valence-electron chi connectivity index (χ1n) is 7.40. The number of carbonyl (C=O) groups excluding carboxylic acids is 1. The molecule has 8 nitrogen and oxygen atoms in total. The van der Waals surface area contributed by atoms with Gasteiger partial charge in [0.1, 0.15) is 0 Å². The van der Waals surface area contributed by atoms with E-state index in [1.54, 1.807) is 12.1 Å². The predicted molar refractivity (Wildman–Crippen MR) is 85.7 cm³/mol. The lowest BCUT2D eigenvalue weighted by atomic mass is 10.1. The maximum absolute atomic E-state index is 12.3. The molecule has 1 aromatic carbocycles. The summed E-state index contributed by atoms with van der Waals surface area (Å²) < 4.78 is 21.2. The monoisotopic (exact) mass is 335 g/mol. The Morgan fingerprint density at radius 2 is 1.75 bits per heavy atom. The van der Waals surface area contributed by atoms with E-state index in [0.717, 1.165) is 0 Å². The molecule has 0 spiro atoms. The molecule has 0 aliphatic rings. The van der Waals surface area contributed by atoms with Crippen molar-refractivity contribution in [3.8, 4) is 17.2 Å². The van der Waals surface area contributed by atoms with Crippen molar-refractivity contribution in [3.63, 3.8) is 0 Å². The van der Waals surface area contributed by atoms with Crippen LogP contribution in [0.25, 0.3) is 0 Å². The minimum Gasteiger partial charge on any atom is -0.493 e. The number of nitrogens with one attached hydrogen (secondary N) is 1. The number of hydrogen-bond donors (Lipinski definition) is 1. The van der Waals surface area contributed by atoms with E-state index in [0.29, 0.717) is 34.6 Å². The van der Waals surface area contributed by atoms with Gasteiger partial charge in [-0.3, -0.25) is 4.79 Å². The molecule has 1 aromatic heterocycles. The number of hydrogen-bond acceptors (Lipinski definition) is 7. The van der Waals surface area contributed by atoms with Crippen molar-refractivity contribution in [1.29, 1.82) is 0 Å². The standard InChI is InChI=1S/C16H21N3O5/c1-9(2)16-19-18-13(24-16)8-17-15(20)10-6-11(21-3)14(23-5)12(7-10)22-4/h6-7,9H,8H2,1-5H3,(H,17,20). The number of rotatable bonds is 7. The average molecular weight is 335 g/mol. The molecular weight excluding hydrogens is 314 g/mol. The molecule has 0 fully saturated rings. The second-order valence-electron chi connectivity index (χ2n) is 5.29. The molecule has 1 N–H and O–H groups in total. The van der Waals surface area contributed by atoms with E-state index in [4.69, 9.17) is 18.6 Å². The van der Waals surface area contributed by atoms with Crippen molar-refractivity contribution < 1.29 is 23.4 Å². The molecular formula is C16H21N3O5. The van der Waals surface area contributed by atoms with E-state index in [1.807, 2.05) is 13.8 Å². The fourth-order valence-electron chi connectivity index (χ4n) is 2.04. The highest BCUT2D eigenvalue weighted by Gasteiger charge is 2.17. The van der Waals surface area contributed by atoms with E-state index in [1.165, 1.54) is 21.3 Å². The van der Waals surface area contributed by atoms with Gasteiger partial charge in [0.05, 0.1) is 27.9 Å². The Kier molecular flexibility index (Phi) is 5.62. The molecule has 0 atom stereocenters. The number of benzene rings is 1. The smallest absolute Gasteiger partial charge is 0.251 e. The Bertz CT molecular complexity index is 686. The lowest BCUT2D eigenvalue weighted by molar-refractivity contribution is 0.0946. The zero-order valence-corrected chi connectivity index (χ0v) is 14.4. The minimum absolute atomic E-state index is 0.134. The summed E-state index contributed by atoms with van der Waals surface area (Å²) in [5.74, 6) is 1.93. The quantitative estimate of drug-likeness (QED) is 0.828. The Morgan fingerprint density at radius 1 is 1.12 bits per heavy atom. The Hall–Kier alpha value is -2.77. The van der Waals surface area contributed by atoms with Gasteiger partial charge in [0.15, 0.2) is 11.5 Å². The maximum atomic E-state index is 12.3. The largest absolute Gasteiger partial charge is 0.493 e. The number of amides is 1. The third-order valence-corrected chi connectivity index (χ3v) is 3.30. The number of aromatic nitrogens is 2. The van der Waals surface area contributed by atoms with Crippen LogP contribution in [0.15, 0.2) is 16.5 Å². The molecule has 8 heteroatoms. The van der Waals surface area contributed by atoms with E-state index in [2.05, 4.69) is 15.5 Å². The molecule has 2 rings (SSSR count). The molecule has 0 saturated carbocycles. The Morgan fingerprint density at radius 3 is 2.21 bits per heavy atom. The molecule has 0 saturated heterocycles. The molecule has 0 unspecified atom stereocenters. The van der Waals surface area contributed by atoms with E-state index < -0.39 is 0 Å². The maximum Gasteiger partial charge on any atom is 0.251 e. The van der Waals surface area contributed by atoms with E-state index in [-0.39, 0.29) is 18.4 Å². The fraction of sp³-hybridized carbons (Fsp3) is 0.438. The highest BCUT2D eigenvalue weighted by Crippen LogP contribution is 2.38. The number of nitrogens with zero attached hydrogens (tertiary/aromatic N) is 2. The van der Waals surface area contributed by atoms with Crippen molar-refractivity contribution in [1.82, 2.24) is 15.5 Å². The molecule has 2 aromatic rings. The van der Waals surface area contributed by atoms with Gasteiger partial charge in [-0.1, -0.05) is 13.8 Å². The van der Waals surface area contributed by atoms with Crippen molar-refractivity contribution in [2.75, 3.05) is 21.3 Å². The van der Waals surface area contributed by atoms with Crippen LogP contribution in [0.2, 0.25) is 0 Å². The van der Waals surface area contributed by atoms with Gasteiger partial charge >= 0.3 is 0 Å². The van der Waals surface area contributed by atoms with Gasteiger partial charge in [-0.25, -0.2) is 0 Å². The minimum atomic E-state index is -0.321. The van der Waals surface area contributed by atoms with Crippen molar-refractivity contribution in [2.45, 2.75) is 26.3 Å². The van der Waals surface area contributed by atoms with Crippen LogP contribution in [0.4, 0.5) is 0 Å². The van der Waals surface area contributed by atoms with Gasteiger partial charge in [-0.2, -0.15) is 0 Å². The van der Waals surface area contributed by atoms with Gasteiger partial charge in [0, 0.05) is 11.5 Å². The van der Waals surface area contributed by atoms with Crippen LogP contribution in [-0.4, -0.2) is 37.4 Å². The van der Waals surface area contributed by atoms with Crippen LogP contribution in [0, 0.1) is 0 Å². The summed E-state index contributed by atoms with van der Waals surface area (Å²) >= 11 is 0. The fourth-order valence-corrected chi connectivity index (χ4v) is 2.04. The Labute approximate surface area is 140 Å². The van der Waals surface area contributed by atoms with Crippen LogP contribution >= 0.6 is 0 Å². The van der Waals surface area contributed by atoms with Crippen LogP contribution in [0.3, 0.4) is 0 Å². The van der Waals surface area contributed by atoms with Gasteiger partial charge in [0.2, 0.25) is 17.5 Å². The highest BCUT2D eigenvalue weighted by atomic mass is 16.5. The summed E-state index contributed by atoms with van der Waals surface area (Å²) in [5, 5.41) is 10.5. The zero-order chi connectivity index (χ0) is 17.7. The van der Waals surface area contributed by atoms with Crippen LogP contribution in [-0.2, 0) is 6.54 Å². The first kappa shape index (κ1) is 17.6. The predicted octanol–water partition coefficient (Wildman–Crippen LogP) is 2.15. The summed E-state index contributed by atoms with van der Waals surface area (Å²) in [6.45, 7) is 4.03. The summed E-state index contributed by atoms with van der Waals surface area (Å²) in [6, 6.07) is 3.15. The first-order chi connectivity index (χ1) is 11.5. The van der Waals surface area contributed by atoms with E-state index in [9.17, 15) is 4.79 Å². The van der Waals surface area contributed by atoms with Gasteiger partial charge in [-0.05, 0) is 12.1 Å². The molecule has 0 aliphatic carbocycles. The molecule has 0 radical (unpaired) electrons. The normalized spacial score (nSPS) is 10.6. The van der Waals surface area contributed by atoms with E-state index >= 15 is 0 Å². The first-order valence-corrected chi connectivity index (χ1v) is 7.40. The highest BCUT2D eigenvalue weighted by molar-refractivity contribution is 5.95. The summed E-state index contributed by atoms with van der Waals surface area (Å²) in [7, 11) is 4.48. The van der Waals surface area contributed by atoms with Crippen LogP contribution < -0.4 is 19.5 Å². The molecule has 0 bridgehead atoms. The van der Waals surface area contributed by atoms with Crippen LogP contribution in [0.5, 0.6) is 17.2 Å². The van der Waals surface area contributed by atoms with Crippen LogP contribution in [0.1, 0.15) is 41.9 Å². The third kappa shape index (κ3) is 3.76. The zero-order valence-electron chi connectivity index (χ0n) is 14.4. The molecule has 1 amide bonds.